The molecule has 1 aliphatic carbocycles. The van der Waals surface area contributed by atoms with Gasteiger partial charge in [-0.2, -0.15) is 5.11 Å². The minimum absolute atomic E-state index is 0.209. The summed E-state index contributed by atoms with van der Waals surface area (Å²) in [6.07, 6.45) is 11.2. The number of carbonyl (C=O) groups excluding carboxylic acids is 1. The van der Waals surface area contributed by atoms with Crippen LogP contribution in [0.15, 0.2) is 58.5 Å². The monoisotopic (exact) mass is 231 g/mol. The molecule has 1 aliphatic rings. The summed E-state index contributed by atoms with van der Waals surface area (Å²) in [5, 5.41) is 10.5. The van der Waals surface area contributed by atoms with Crippen LogP contribution in [0.5, 0.6) is 0 Å². The Bertz CT molecular complexity index is 403. The molecular formula is C13H17N3O. The average molecular weight is 231 g/mol. The van der Waals surface area contributed by atoms with Gasteiger partial charge >= 0.3 is 0 Å². The molecule has 0 unspecified atom stereocenters. The van der Waals surface area contributed by atoms with Crippen molar-refractivity contribution in [3.8, 4) is 0 Å². The van der Waals surface area contributed by atoms with Crippen LogP contribution in [0.25, 0.3) is 0 Å². The van der Waals surface area contributed by atoms with Crippen LogP contribution in [0.4, 0.5) is 0 Å². The highest BCUT2D eigenvalue weighted by atomic mass is 16.2. The Morgan fingerprint density at radius 3 is 3.12 bits per heavy atom. The third kappa shape index (κ3) is 4.18. The quantitative estimate of drug-likeness (QED) is 0.451. The normalized spacial score (nSPS) is 17.9. The lowest BCUT2D eigenvalue weighted by atomic mass is 10.1. The molecule has 0 bridgehead atoms. The summed E-state index contributed by atoms with van der Waals surface area (Å²) in [5.74, 6) is -0.209. The van der Waals surface area contributed by atoms with Crippen molar-refractivity contribution in [3.05, 3.63) is 48.2 Å². The van der Waals surface area contributed by atoms with Gasteiger partial charge in [0.05, 0.1) is 6.54 Å². The molecule has 0 atom stereocenters. The highest BCUT2D eigenvalue weighted by Crippen LogP contribution is 2.18. The molecule has 0 heterocycles. The zero-order valence-electron chi connectivity index (χ0n) is 10.0. The summed E-state index contributed by atoms with van der Waals surface area (Å²) in [4.78, 5) is 11.7. The minimum Gasteiger partial charge on any atom is -0.354 e. The Morgan fingerprint density at radius 2 is 2.41 bits per heavy atom. The van der Waals surface area contributed by atoms with Gasteiger partial charge in [0.15, 0.2) is 5.70 Å². The molecular weight excluding hydrogens is 214 g/mol. The predicted molar refractivity (Wildman–Crippen MR) is 68.5 cm³/mol. The third-order valence-corrected chi connectivity index (χ3v) is 2.25. The van der Waals surface area contributed by atoms with Gasteiger partial charge in [0.2, 0.25) is 0 Å². The van der Waals surface area contributed by atoms with Crippen molar-refractivity contribution in [2.75, 3.05) is 13.6 Å². The maximum Gasteiger partial charge on any atom is 0.271 e. The van der Waals surface area contributed by atoms with Crippen LogP contribution in [-0.2, 0) is 4.79 Å². The fourth-order valence-corrected chi connectivity index (χ4v) is 1.41. The summed E-state index contributed by atoms with van der Waals surface area (Å²) in [6.45, 7) is 3.97. The fourth-order valence-electron chi connectivity index (χ4n) is 1.41. The van der Waals surface area contributed by atoms with Crippen LogP contribution < -0.4 is 5.32 Å². The highest BCUT2D eigenvalue weighted by Gasteiger charge is 2.12. The molecule has 0 aromatic carbocycles. The number of hydrogen-bond donors (Lipinski definition) is 1. The molecule has 4 heteroatoms. The average Bonchev–Trinajstić information content (AvgIpc) is 2.62. The van der Waals surface area contributed by atoms with Gasteiger partial charge in [0.25, 0.3) is 5.91 Å². The van der Waals surface area contributed by atoms with Crippen LogP contribution in [-0.4, -0.2) is 19.5 Å². The first-order valence-electron chi connectivity index (χ1n) is 5.56. The van der Waals surface area contributed by atoms with E-state index in [1.54, 1.807) is 13.1 Å². The number of rotatable bonds is 4. The van der Waals surface area contributed by atoms with Crippen molar-refractivity contribution in [3.63, 3.8) is 0 Å². The second-order valence-corrected chi connectivity index (χ2v) is 3.49. The van der Waals surface area contributed by atoms with Crippen LogP contribution in [0, 0.1) is 0 Å². The van der Waals surface area contributed by atoms with E-state index in [0.29, 0.717) is 12.2 Å². The van der Waals surface area contributed by atoms with Crippen LogP contribution in [0.2, 0.25) is 0 Å². The number of carbonyl (C=O) groups is 1. The number of nitrogens with one attached hydrogen (secondary N) is 1. The molecule has 0 radical (unpaired) electrons. The van der Waals surface area contributed by atoms with Gasteiger partial charge in [-0.15, -0.1) is 11.7 Å². The molecule has 0 saturated carbocycles. The number of nitrogens with zero attached hydrogens (tertiary/aromatic N) is 2. The summed E-state index contributed by atoms with van der Waals surface area (Å²) < 4.78 is 0. The van der Waals surface area contributed by atoms with E-state index in [4.69, 9.17) is 0 Å². The minimum atomic E-state index is -0.209. The molecule has 0 aliphatic heterocycles. The fraction of sp³-hybridized carbons (Fsp3) is 0.308. The van der Waals surface area contributed by atoms with E-state index in [-0.39, 0.29) is 5.91 Å². The first-order chi connectivity index (χ1) is 8.29. The second kappa shape index (κ2) is 7.33. The Hall–Kier alpha value is -1.97. The molecule has 90 valence electrons. The largest absolute Gasteiger partial charge is 0.354 e. The van der Waals surface area contributed by atoms with Crippen molar-refractivity contribution in [2.24, 2.45) is 10.2 Å². The maximum atomic E-state index is 11.7. The van der Waals surface area contributed by atoms with Crippen molar-refractivity contribution in [1.82, 2.24) is 5.32 Å². The smallest absolute Gasteiger partial charge is 0.271 e. The van der Waals surface area contributed by atoms with E-state index in [0.717, 1.165) is 18.4 Å². The van der Waals surface area contributed by atoms with Crippen molar-refractivity contribution >= 4 is 5.91 Å². The maximum absolute atomic E-state index is 11.7. The van der Waals surface area contributed by atoms with Crippen molar-refractivity contribution in [2.45, 2.75) is 12.8 Å². The number of allylic oxidation sites excluding steroid dienone is 5. The molecule has 1 rings (SSSR count). The van der Waals surface area contributed by atoms with Crippen molar-refractivity contribution < 1.29 is 4.79 Å². The third-order valence-electron chi connectivity index (χ3n) is 2.25. The molecule has 4 nitrogen and oxygen atoms in total. The zero-order valence-corrected chi connectivity index (χ0v) is 10.0. The Kier molecular flexibility index (Phi) is 5.64. The molecule has 17 heavy (non-hydrogen) atoms. The lowest BCUT2D eigenvalue weighted by Gasteiger charge is -2.04. The SMILES string of the molecule is C=CCN=N/C(C(=O)NC)=C1/C=CC=CCC1. The lowest BCUT2D eigenvalue weighted by Crippen LogP contribution is -2.20. The van der Waals surface area contributed by atoms with Gasteiger partial charge < -0.3 is 5.32 Å². The van der Waals surface area contributed by atoms with E-state index >= 15 is 0 Å². The van der Waals surface area contributed by atoms with Crippen LogP contribution in [0.1, 0.15) is 12.8 Å². The van der Waals surface area contributed by atoms with Gasteiger partial charge in [-0.1, -0.05) is 30.4 Å². The molecule has 1 N–H and O–H groups in total. The van der Waals surface area contributed by atoms with Crippen LogP contribution in [0.3, 0.4) is 0 Å². The Morgan fingerprint density at radius 1 is 1.59 bits per heavy atom. The first kappa shape index (κ1) is 13.1. The van der Waals surface area contributed by atoms with Gasteiger partial charge in [0.1, 0.15) is 0 Å². The molecule has 0 aromatic rings. The van der Waals surface area contributed by atoms with Crippen molar-refractivity contribution in [1.29, 1.82) is 0 Å². The zero-order chi connectivity index (χ0) is 12.5. The number of amides is 1. The van der Waals surface area contributed by atoms with Crippen LogP contribution >= 0.6 is 0 Å². The summed E-state index contributed by atoms with van der Waals surface area (Å²) in [6, 6.07) is 0. The van der Waals surface area contributed by atoms with E-state index in [9.17, 15) is 4.79 Å². The summed E-state index contributed by atoms with van der Waals surface area (Å²) in [5.41, 5.74) is 1.29. The molecule has 0 saturated heterocycles. The molecule has 0 aromatic heterocycles. The van der Waals surface area contributed by atoms with Gasteiger partial charge in [0, 0.05) is 7.05 Å². The topological polar surface area (TPSA) is 53.8 Å². The Labute approximate surface area is 102 Å². The van der Waals surface area contributed by atoms with E-state index in [1.165, 1.54) is 0 Å². The number of hydrogen-bond acceptors (Lipinski definition) is 3. The number of likely N-dealkylation sites (N-methyl/N-ethyl adjacent to an activating group) is 1. The second-order valence-electron chi connectivity index (χ2n) is 3.49. The molecule has 0 spiro atoms. The van der Waals surface area contributed by atoms with Gasteiger partial charge in [-0.3, -0.25) is 4.79 Å². The van der Waals surface area contributed by atoms with Gasteiger partial charge in [-0.25, -0.2) is 0 Å². The van der Waals surface area contributed by atoms with E-state index in [2.05, 4.69) is 28.2 Å². The standard InChI is InChI=1S/C13H17N3O/c1-3-10-15-16-12(13(17)14-2)11-8-6-4-5-7-9-11/h3-6,8H,1,7,9-10H2,2H3,(H,14,17)/b12-11-,16-15?. The molecule has 1 amide bonds. The number of azo groups is 1. The highest BCUT2D eigenvalue weighted by molar-refractivity contribution is 5.94. The Balaban J connectivity index is 2.98. The van der Waals surface area contributed by atoms with E-state index in [1.807, 2.05) is 18.2 Å². The summed E-state index contributed by atoms with van der Waals surface area (Å²) in [7, 11) is 1.59. The summed E-state index contributed by atoms with van der Waals surface area (Å²) >= 11 is 0. The van der Waals surface area contributed by atoms with Gasteiger partial charge in [-0.05, 0) is 18.4 Å². The predicted octanol–water partition coefficient (Wildman–Crippen LogP) is 2.53. The van der Waals surface area contributed by atoms with E-state index < -0.39 is 0 Å². The first-order valence-corrected chi connectivity index (χ1v) is 5.56. The lowest BCUT2D eigenvalue weighted by molar-refractivity contribution is -0.117. The molecule has 0 fully saturated rings.